The molecule has 0 N–H and O–H groups in total. The summed E-state index contributed by atoms with van der Waals surface area (Å²) < 4.78 is 43.6. The molecular weight excluding hydrogens is 371 g/mol. The molecule has 2 aromatic carbocycles. The highest BCUT2D eigenvalue weighted by Crippen LogP contribution is 2.26. The fourth-order valence-corrected chi connectivity index (χ4v) is 3.21. The molecule has 0 spiro atoms. The molecule has 0 amide bonds. The molecule has 0 saturated heterocycles. The Balaban J connectivity index is 2.15. The van der Waals surface area contributed by atoms with Gasteiger partial charge in [0.1, 0.15) is 5.82 Å². The van der Waals surface area contributed by atoms with Crippen LogP contribution in [0.1, 0.15) is 19.4 Å². The summed E-state index contributed by atoms with van der Waals surface area (Å²) in [5.74, 6) is -0.360. The van der Waals surface area contributed by atoms with Crippen molar-refractivity contribution in [2.45, 2.75) is 24.2 Å². The Morgan fingerprint density at radius 2 is 1.77 bits per heavy atom. The van der Waals surface area contributed by atoms with Crippen LogP contribution in [0.15, 0.2) is 57.9 Å². The van der Waals surface area contributed by atoms with Crippen molar-refractivity contribution in [2.24, 2.45) is 0 Å². The standard InChI is InChI=1S/C16H16BrFO3S/c1-16(2,12-4-3-5-14(18)10-12)11-21-22(19,20)15-8-6-13(17)7-9-15/h3-10H,11H2,1-2H3. The molecular formula is C16H16BrFO3S. The topological polar surface area (TPSA) is 43.4 Å². The maximum Gasteiger partial charge on any atom is 0.297 e. The second kappa shape index (κ2) is 6.48. The third kappa shape index (κ3) is 4.15. The van der Waals surface area contributed by atoms with E-state index in [1.165, 1.54) is 24.3 Å². The summed E-state index contributed by atoms with van der Waals surface area (Å²) in [7, 11) is -3.84. The molecule has 0 aliphatic heterocycles. The first-order valence-corrected chi connectivity index (χ1v) is 8.82. The van der Waals surface area contributed by atoms with Gasteiger partial charge in [0.05, 0.1) is 11.5 Å². The Hall–Kier alpha value is -1.24. The van der Waals surface area contributed by atoms with Crippen molar-refractivity contribution in [3.8, 4) is 0 Å². The lowest BCUT2D eigenvalue weighted by atomic mass is 9.86. The summed E-state index contributed by atoms with van der Waals surface area (Å²) in [6.45, 7) is 3.53. The van der Waals surface area contributed by atoms with E-state index in [1.54, 1.807) is 38.1 Å². The van der Waals surface area contributed by atoms with Gasteiger partial charge in [0.2, 0.25) is 0 Å². The average Bonchev–Trinajstić information content (AvgIpc) is 2.46. The molecule has 0 radical (unpaired) electrons. The summed E-state index contributed by atoms with van der Waals surface area (Å²) in [5.41, 5.74) is 0.0448. The Labute approximate surface area is 138 Å². The van der Waals surface area contributed by atoms with E-state index in [-0.39, 0.29) is 17.3 Å². The predicted octanol–water partition coefficient (Wildman–Crippen LogP) is 4.27. The number of hydrogen-bond acceptors (Lipinski definition) is 3. The summed E-state index contributed by atoms with van der Waals surface area (Å²) in [6, 6.07) is 12.3. The largest absolute Gasteiger partial charge is 0.297 e. The first kappa shape index (κ1) is 17.1. The highest BCUT2D eigenvalue weighted by atomic mass is 79.9. The number of hydrogen-bond donors (Lipinski definition) is 0. The van der Waals surface area contributed by atoms with Crippen molar-refractivity contribution in [1.82, 2.24) is 0 Å². The van der Waals surface area contributed by atoms with Gasteiger partial charge in [-0.2, -0.15) is 8.42 Å². The quantitative estimate of drug-likeness (QED) is 0.720. The van der Waals surface area contributed by atoms with Crippen LogP contribution in [0.3, 0.4) is 0 Å². The van der Waals surface area contributed by atoms with Crippen LogP contribution in [-0.4, -0.2) is 15.0 Å². The second-order valence-corrected chi connectivity index (χ2v) is 8.10. The van der Waals surface area contributed by atoms with E-state index in [0.717, 1.165) is 4.47 Å². The lowest BCUT2D eigenvalue weighted by Gasteiger charge is -2.24. The zero-order valence-corrected chi connectivity index (χ0v) is 14.6. The van der Waals surface area contributed by atoms with E-state index < -0.39 is 15.5 Å². The van der Waals surface area contributed by atoms with E-state index in [9.17, 15) is 12.8 Å². The van der Waals surface area contributed by atoms with Gasteiger partial charge in [-0.1, -0.05) is 41.9 Å². The smallest absolute Gasteiger partial charge is 0.265 e. The normalized spacial score (nSPS) is 12.4. The fourth-order valence-electron chi connectivity index (χ4n) is 1.89. The van der Waals surface area contributed by atoms with Crippen molar-refractivity contribution in [1.29, 1.82) is 0 Å². The van der Waals surface area contributed by atoms with Gasteiger partial charge in [-0.25, -0.2) is 4.39 Å². The van der Waals surface area contributed by atoms with E-state index in [1.807, 2.05) is 0 Å². The Morgan fingerprint density at radius 1 is 1.14 bits per heavy atom. The molecule has 0 bridgehead atoms. The molecule has 118 valence electrons. The minimum Gasteiger partial charge on any atom is -0.265 e. The lowest BCUT2D eigenvalue weighted by molar-refractivity contribution is 0.245. The van der Waals surface area contributed by atoms with Crippen LogP contribution in [-0.2, 0) is 19.7 Å². The van der Waals surface area contributed by atoms with Gasteiger partial charge >= 0.3 is 0 Å². The SMILES string of the molecule is CC(C)(COS(=O)(=O)c1ccc(Br)cc1)c1cccc(F)c1. The molecule has 0 saturated carbocycles. The van der Waals surface area contributed by atoms with Crippen molar-refractivity contribution in [2.75, 3.05) is 6.61 Å². The lowest BCUT2D eigenvalue weighted by Crippen LogP contribution is -2.26. The highest BCUT2D eigenvalue weighted by molar-refractivity contribution is 9.10. The van der Waals surface area contributed by atoms with Crippen LogP contribution in [0.5, 0.6) is 0 Å². The van der Waals surface area contributed by atoms with Gasteiger partial charge in [-0.05, 0) is 42.0 Å². The molecule has 0 fully saturated rings. The first-order valence-electron chi connectivity index (χ1n) is 6.62. The van der Waals surface area contributed by atoms with Crippen LogP contribution >= 0.6 is 15.9 Å². The monoisotopic (exact) mass is 386 g/mol. The van der Waals surface area contributed by atoms with Crippen LogP contribution < -0.4 is 0 Å². The van der Waals surface area contributed by atoms with Crippen molar-refractivity contribution in [3.63, 3.8) is 0 Å². The molecule has 3 nitrogen and oxygen atoms in total. The Morgan fingerprint density at radius 3 is 2.36 bits per heavy atom. The summed E-state index contributed by atoms with van der Waals surface area (Å²) >= 11 is 3.25. The van der Waals surface area contributed by atoms with Crippen LogP contribution in [0.4, 0.5) is 4.39 Å². The van der Waals surface area contributed by atoms with E-state index >= 15 is 0 Å². The first-order chi connectivity index (χ1) is 10.2. The minimum atomic E-state index is -3.84. The van der Waals surface area contributed by atoms with Gasteiger partial charge in [0.25, 0.3) is 10.1 Å². The molecule has 22 heavy (non-hydrogen) atoms. The second-order valence-electron chi connectivity index (χ2n) is 5.56. The molecule has 0 heterocycles. The Bertz CT molecular complexity index is 755. The van der Waals surface area contributed by atoms with Crippen molar-refractivity contribution >= 4 is 26.0 Å². The molecule has 2 aromatic rings. The Kier molecular flexibility index (Phi) is 5.04. The maximum atomic E-state index is 13.3. The van der Waals surface area contributed by atoms with Gasteiger partial charge < -0.3 is 0 Å². The van der Waals surface area contributed by atoms with Gasteiger partial charge in [-0.15, -0.1) is 0 Å². The minimum absolute atomic E-state index is 0.0746. The summed E-state index contributed by atoms with van der Waals surface area (Å²) in [5, 5.41) is 0. The third-order valence-electron chi connectivity index (χ3n) is 3.28. The molecule has 6 heteroatoms. The van der Waals surface area contributed by atoms with Crippen LogP contribution in [0.25, 0.3) is 0 Å². The third-order valence-corrected chi connectivity index (χ3v) is 5.09. The average molecular weight is 387 g/mol. The molecule has 2 rings (SSSR count). The number of rotatable bonds is 5. The number of halogens is 2. The van der Waals surface area contributed by atoms with E-state index in [2.05, 4.69) is 15.9 Å². The van der Waals surface area contributed by atoms with Crippen LogP contribution in [0, 0.1) is 5.82 Å². The van der Waals surface area contributed by atoms with Crippen LogP contribution in [0.2, 0.25) is 0 Å². The molecule has 0 aliphatic rings. The summed E-state index contributed by atoms with van der Waals surface area (Å²) in [4.78, 5) is 0.0887. The highest BCUT2D eigenvalue weighted by Gasteiger charge is 2.25. The van der Waals surface area contributed by atoms with E-state index in [0.29, 0.717) is 5.56 Å². The van der Waals surface area contributed by atoms with Gasteiger partial charge in [0.15, 0.2) is 0 Å². The molecule has 0 aromatic heterocycles. The van der Waals surface area contributed by atoms with Gasteiger partial charge in [0, 0.05) is 9.89 Å². The maximum absolute atomic E-state index is 13.3. The van der Waals surface area contributed by atoms with Crippen molar-refractivity contribution in [3.05, 3.63) is 64.4 Å². The van der Waals surface area contributed by atoms with E-state index in [4.69, 9.17) is 4.18 Å². The zero-order chi connectivity index (χ0) is 16.4. The summed E-state index contributed by atoms with van der Waals surface area (Å²) in [6.07, 6.45) is 0. The zero-order valence-electron chi connectivity index (χ0n) is 12.2. The molecule has 0 unspecified atom stereocenters. The molecule has 0 aliphatic carbocycles. The fraction of sp³-hybridized carbons (Fsp3) is 0.250. The predicted molar refractivity (Wildman–Crippen MR) is 86.7 cm³/mol. The number of benzene rings is 2. The molecule has 0 atom stereocenters. The van der Waals surface area contributed by atoms with Gasteiger partial charge in [-0.3, -0.25) is 4.18 Å². The van der Waals surface area contributed by atoms with Crippen molar-refractivity contribution < 1.29 is 17.0 Å².